The van der Waals surface area contributed by atoms with Gasteiger partial charge in [0.25, 0.3) is 0 Å². The number of likely N-dealkylation sites (N-methyl/N-ethyl adjacent to an activating group) is 1. The van der Waals surface area contributed by atoms with Crippen molar-refractivity contribution in [2.45, 2.75) is 6.54 Å². The van der Waals surface area contributed by atoms with E-state index in [9.17, 15) is 0 Å². The van der Waals surface area contributed by atoms with Crippen LogP contribution in [0.3, 0.4) is 0 Å². The van der Waals surface area contributed by atoms with Crippen molar-refractivity contribution in [3.8, 4) is 22.0 Å². The highest BCUT2D eigenvalue weighted by Gasteiger charge is 2.23. The summed E-state index contributed by atoms with van der Waals surface area (Å²) >= 11 is 8.43. The summed E-state index contributed by atoms with van der Waals surface area (Å²) in [5.74, 6) is 0. The average Bonchev–Trinajstić information content (AvgIpc) is 3.43. The van der Waals surface area contributed by atoms with Crippen LogP contribution in [0.25, 0.3) is 33.0 Å². The fourth-order valence-electron chi connectivity index (χ4n) is 3.75. The Labute approximate surface area is 183 Å². The Balaban J connectivity index is 1.54. The molecule has 0 spiro atoms. The number of fused-ring (bicyclic) bond motifs is 1. The standard InChI is InChI=1S/C21H22ClN7S/c1-27-8-10-28(11-9-27)12-13-29-20-16(19(26-29)21-23-7-14-30-21)17(22)18(24-25-20)15-5-3-2-4-6-15/h2-7,14H,8-13H2,1H3. The lowest BCUT2D eigenvalue weighted by atomic mass is 10.1. The predicted octanol–water partition coefficient (Wildman–Crippen LogP) is 3.52. The molecular formula is C21H22ClN7S. The molecular weight excluding hydrogens is 418 g/mol. The lowest BCUT2D eigenvalue weighted by Crippen LogP contribution is -2.45. The fraction of sp³-hybridized carbons (Fsp3) is 0.333. The van der Waals surface area contributed by atoms with E-state index in [2.05, 4.69) is 32.0 Å². The summed E-state index contributed by atoms with van der Waals surface area (Å²) in [6.07, 6.45) is 1.79. The third-order valence-corrected chi connectivity index (χ3v) is 6.65. The molecule has 0 radical (unpaired) electrons. The normalized spacial score (nSPS) is 15.8. The Morgan fingerprint density at radius 1 is 1.00 bits per heavy atom. The lowest BCUT2D eigenvalue weighted by Gasteiger charge is -2.32. The van der Waals surface area contributed by atoms with E-state index in [4.69, 9.17) is 16.7 Å². The molecule has 0 aliphatic carbocycles. The first-order valence-corrected chi connectivity index (χ1v) is 11.3. The van der Waals surface area contributed by atoms with Gasteiger partial charge in [-0.05, 0) is 7.05 Å². The van der Waals surface area contributed by atoms with Crippen LogP contribution in [-0.2, 0) is 6.54 Å². The summed E-state index contributed by atoms with van der Waals surface area (Å²) in [6, 6.07) is 9.89. The SMILES string of the molecule is CN1CCN(CCn2nc(-c3nccs3)c3c(Cl)c(-c4ccccc4)nnc32)CC1. The molecule has 0 bridgehead atoms. The first-order valence-electron chi connectivity index (χ1n) is 9.99. The Hall–Kier alpha value is -2.39. The Morgan fingerprint density at radius 3 is 2.53 bits per heavy atom. The van der Waals surface area contributed by atoms with Crippen molar-refractivity contribution in [2.24, 2.45) is 0 Å². The van der Waals surface area contributed by atoms with Gasteiger partial charge in [-0.3, -0.25) is 4.90 Å². The molecule has 1 aliphatic rings. The van der Waals surface area contributed by atoms with Crippen molar-refractivity contribution in [1.29, 1.82) is 0 Å². The van der Waals surface area contributed by atoms with E-state index in [1.807, 2.05) is 40.4 Å². The maximum atomic E-state index is 6.88. The third-order valence-electron chi connectivity index (χ3n) is 5.50. The van der Waals surface area contributed by atoms with Crippen LogP contribution < -0.4 is 0 Å². The lowest BCUT2D eigenvalue weighted by molar-refractivity contribution is 0.149. The molecule has 1 fully saturated rings. The van der Waals surface area contributed by atoms with Crippen LogP contribution in [0.4, 0.5) is 0 Å². The van der Waals surface area contributed by atoms with E-state index in [0.29, 0.717) is 16.4 Å². The summed E-state index contributed by atoms with van der Waals surface area (Å²) in [5.41, 5.74) is 3.09. The second kappa shape index (κ2) is 8.39. The minimum Gasteiger partial charge on any atom is -0.304 e. The fourth-order valence-corrected chi connectivity index (χ4v) is 4.70. The molecule has 3 aromatic heterocycles. The van der Waals surface area contributed by atoms with Gasteiger partial charge in [-0.25, -0.2) is 9.67 Å². The molecule has 0 unspecified atom stereocenters. The number of thiazole rings is 1. The zero-order valence-electron chi connectivity index (χ0n) is 16.7. The van der Waals surface area contributed by atoms with Crippen LogP contribution in [-0.4, -0.2) is 74.5 Å². The number of benzene rings is 1. The van der Waals surface area contributed by atoms with E-state index < -0.39 is 0 Å². The van der Waals surface area contributed by atoms with E-state index in [1.54, 1.807) is 17.5 Å². The molecule has 1 saturated heterocycles. The number of piperazine rings is 1. The summed E-state index contributed by atoms with van der Waals surface area (Å²) in [4.78, 5) is 9.29. The maximum Gasteiger partial charge on any atom is 0.182 e. The average molecular weight is 440 g/mol. The summed E-state index contributed by atoms with van der Waals surface area (Å²) in [6.45, 7) is 5.98. The number of hydrogen-bond acceptors (Lipinski definition) is 7. The van der Waals surface area contributed by atoms with Crippen molar-refractivity contribution in [2.75, 3.05) is 39.8 Å². The summed E-state index contributed by atoms with van der Waals surface area (Å²) in [7, 11) is 2.17. The van der Waals surface area contributed by atoms with E-state index in [1.165, 1.54) is 0 Å². The highest BCUT2D eigenvalue weighted by molar-refractivity contribution is 7.13. The molecule has 0 saturated carbocycles. The topological polar surface area (TPSA) is 63.0 Å². The number of rotatable bonds is 5. The van der Waals surface area contributed by atoms with Crippen LogP contribution in [0.5, 0.6) is 0 Å². The van der Waals surface area contributed by atoms with Crippen molar-refractivity contribution >= 4 is 34.0 Å². The maximum absolute atomic E-state index is 6.88. The second-order valence-corrected chi connectivity index (χ2v) is 8.75. The first kappa shape index (κ1) is 19.6. The Kier molecular flexibility index (Phi) is 5.47. The van der Waals surface area contributed by atoms with Crippen LogP contribution >= 0.6 is 22.9 Å². The number of nitrogens with zero attached hydrogens (tertiary/aromatic N) is 7. The molecule has 30 heavy (non-hydrogen) atoms. The van der Waals surface area contributed by atoms with Crippen molar-refractivity contribution in [3.63, 3.8) is 0 Å². The van der Waals surface area contributed by atoms with Gasteiger partial charge in [-0.2, -0.15) is 5.10 Å². The third kappa shape index (κ3) is 3.72. The van der Waals surface area contributed by atoms with Gasteiger partial charge in [0, 0.05) is 49.9 Å². The van der Waals surface area contributed by atoms with Gasteiger partial charge >= 0.3 is 0 Å². The van der Waals surface area contributed by atoms with Crippen LogP contribution in [0.15, 0.2) is 41.9 Å². The van der Waals surface area contributed by atoms with Crippen LogP contribution in [0.2, 0.25) is 5.02 Å². The monoisotopic (exact) mass is 439 g/mol. The molecule has 4 aromatic rings. The second-order valence-electron chi connectivity index (χ2n) is 7.48. The van der Waals surface area contributed by atoms with Gasteiger partial charge in [0.05, 0.1) is 17.0 Å². The molecule has 9 heteroatoms. The highest BCUT2D eigenvalue weighted by atomic mass is 35.5. The molecule has 4 heterocycles. The molecule has 1 aromatic carbocycles. The van der Waals surface area contributed by atoms with E-state index in [0.717, 1.165) is 60.9 Å². The molecule has 7 nitrogen and oxygen atoms in total. The van der Waals surface area contributed by atoms with Crippen molar-refractivity contribution in [3.05, 3.63) is 46.9 Å². The highest BCUT2D eigenvalue weighted by Crippen LogP contribution is 2.37. The van der Waals surface area contributed by atoms with E-state index >= 15 is 0 Å². The van der Waals surface area contributed by atoms with Gasteiger partial charge < -0.3 is 4.90 Å². The molecule has 1 aliphatic heterocycles. The molecule has 5 rings (SSSR count). The minimum absolute atomic E-state index is 0.572. The number of halogens is 1. The number of hydrogen-bond donors (Lipinski definition) is 0. The van der Waals surface area contributed by atoms with Crippen molar-refractivity contribution in [1.82, 2.24) is 34.8 Å². The summed E-state index contributed by atoms with van der Waals surface area (Å²) < 4.78 is 1.93. The first-order chi connectivity index (χ1) is 14.7. The molecule has 154 valence electrons. The zero-order valence-corrected chi connectivity index (χ0v) is 18.3. The summed E-state index contributed by atoms with van der Waals surface area (Å²) in [5, 5.41) is 18.0. The number of aromatic nitrogens is 5. The molecule has 0 N–H and O–H groups in total. The largest absolute Gasteiger partial charge is 0.304 e. The van der Waals surface area contributed by atoms with Gasteiger partial charge in [0.15, 0.2) is 5.65 Å². The predicted molar refractivity (Wildman–Crippen MR) is 121 cm³/mol. The Morgan fingerprint density at radius 2 is 1.80 bits per heavy atom. The minimum atomic E-state index is 0.572. The van der Waals surface area contributed by atoms with Crippen LogP contribution in [0.1, 0.15) is 0 Å². The van der Waals surface area contributed by atoms with Gasteiger partial charge in [0.1, 0.15) is 16.4 Å². The van der Waals surface area contributed by atoms with Gasteiger partial charge in [0.2, 0.25) is 0 Å². The quantitative estimate of drug-likeness (QED) is 0.474. The molecule has 0 atom stereocenters. The van der Waals surface area contributed by atoms with Crippen LogP contribution in [0, 0.1) is 0 Å². The smallest absolute Gasteiger partial charge is 0.182 e. The van der Waals surface area contributed by atoms with Crippen molar-refractivity contribution < 1.29 is 0 Å². The zero-order chi connectivity index (χ0) is 20.5. The van der Waals surface area contributed by atoms with E-state index in [-0.39, 0.29) is 0 Å². The molecule has 0 amide bonds. The Bertz CT molecular complexity index is 1140. The van der Waals surface area contributed by atoms with Gasteiger partial charge in [-0.1, -0.05) is 41.9 Å². The van der Waals surface area contributed by atoms with Gasteiger partial charge in [-0.15, -0.1) is 21.5 Å².